The predicted octanol–water partition coefficient (Wildman–Crippen LogP) is 3.68. The van der Waals surface area contributed by atoms with Gasteiger partial charge in [-0.3, -0.25) is 10.0 Å². The first-order chi connectivity index (χ1) is 12.7. The van der Waals surface area contributed by atoms with Crippen molar-refractivity contribution in [2.45, 2.75) is 4.90 Å². The van der Waals surface area contributed by atoms with Gasteiger partial charge in [0.15, 0.2) is 5.11 Å². The molecule has 26 heavy (non-hydrogen) atoms. The summed E-state index contributed by atoms with van der Waals surface area (Å²) in [6.07, 6.45) is 4.42. The average molecular weight is 385 g/mol. The standard InChI is InChI=1S/C20H24N4S2/c21-26-19-10-8-18(9-11-19)22-20(25)24-15-13-23(14-16-24)12-4-7-17-5-2-1-3-6-17/h1-11H,12-16,21H2,(H,22,25)/b7-4+. The Hall–Kier alpha value is -1.86. The van der Waals surface area contributed by atoms with Crippen LogP contribution in [-0.4, -0.2) is 47.6 Å². The molecule has 6 heteroatoms. The second kappa shape index (κ2) is 9.73. The van der Waals surface area contributed by atoms with Crippen LogP contribution in [0.5, 0.6) is 0 Å². The van der Waals surface area contributed by atoms with Crippen LogP contribution in [0.15, 0.2) is 65.6 Å². The van der Waals surface area contributed by atoms with E-state index in [-0.39, 0.29) is 0 Å². The number of anilines is 1. The van der Waals surface area contributed by atoms with E-state index in [2.05, 4.69) is 51.5 Å². The number of hydrogen-bond acceptors (Lipinski definition) is 4. The summed E-state index contributed by atoms with van der Waals surface area (Å²) in [6, 6.07) is 18.4. The maximum atomic E-state index is 5.56. The lowest BCUT2D eigenvalue weighted by atomic mass is 10.2. The van der Waals surface area contributed by atoms with Crippen molar-refractivity contribution >= 4 is 41.0 Å². The topological polar surface area (TPSA) is 44.5 Å². The Balaban J connectivity index is 1.42. The highest BCUT2D eigenvalue weighted by Crippen LogP contribution is 2.16. The van der Waals surface area contributed by atoms with Gasteiger partial charge in [-0.1, -0.05) is 42.5 Å². The second-order valence-corrected chi connectivity index (χ2v) is 7.27. The highest BCUT2D eigenvalue weighted by Gasteiger charge is 2.18. The van der Waals surface area contributed by atoms with Crippen molar-refractivity contribution in [1.29, 1.82) is 0 Å². The van der Waals surface area contributed by atoms with Crippen LogP contribution >= 0.6 is 24.2 Å². The minimum absolute atomic E-state index is 0.789. The van der Waals surface area contributed by atoms with Gasteiger partial charge in [0.25, 0.3) is 0 Å². The Morgan fingerprint density at radius 3 is 2.38 bits per heavy atom. The second-order valence-electron chi connectivity index (χ2n) is 6.17. The summed E-state index contributed by atoms with van der Waals surface area (Å²) in [7, 11) is 0. The van der Waals surface area contributed by atoms with Crippen LogP contribution in [0.3, 0.4) is 0 Å². The van der Waals surface area contributed by atoms with Crippen molar-refractivity contribution in [3.63, 3.8) is 0 Å². The van der Waals surface area contributed by atoms with Gasteiger partial charge in [0.2, 0.25) is 0 Å². The SMILES string of the molecule is NSc1ccc(NC(=S)N2CCN(C/C=C/c3ccccc3)CC2)cc1. The van der Waals surface area contributed by atoms with Crippen LogP contribution in [0.2, 0.25) is 0 Å². The van der Waals surface area contributed by atoms with E-state index in [0.717, 1.165) is 48.4 Å². The van der Waals surface area contributed by atoms with Crippen molar-refractivity contribution in [1.82, 2.24) is 9.80 Å². The molecular formula is C20H24N4S2. The Morgan fingerprint density at radius 2 is 1.73 bits per heavy atom. The molecule has 0 saturated carbocycles. The predicted molar refractivity (Wildman–Crippen MR) is 116 cm³/mol. The highest BCUT2D eigenvalue weighted by atomic mass is 32.2. The Kier molecular flexibility index (Phi) is 7.08. The van der Waals surface area contributed by atoms with Crippen LogP contribution in [0.4, 0.5) is 5.69 Å². The molecule has 1 fully saturated rings. The van der Waals surface area contributed by atoms with Crippen LogP contribution in [0.1, 0.15) is 5.56 Å². The molecule has 0 unspecified atom stereocenters. The molecule has 4 nitrogen and oxygen atoms in total. The third-order valence-electron chi connectivity index (χ3n) is 4.37. The fourth-order valence-corrected chi connectivity index (χ4v) is 3.45. The molecule has 0 atom stereocenters. The van der Waals surface area contributed by atoms with Gasteiger partial charge < -0.3 is 10.2 Å². The van der Waals surface area contributed by atoms with Gasteiger partial charge in [0, 0.05) is 43.3 Å². The van der Waals surface area contributed by atoms with Crippen molar-refractivity contribution in [3.05, 3.63) is 66.2 Å². The molecule has 0 amide bonds. The van der Waals surface area contributed by atoms with Crippen LogP contribution < -0.4 is 10.5 Å². The summed E-state index contributed by atoms with van der Waals surface area (Å²) in [5.74, 6) is 0. The molecule has 1 heterocycles. The lowest BCUT2D eigenvalue weighted by molar-refractivity contribution is 0.200. The number of piperazine rings is 1. The molecule has 0 aliphatic carbocycles. The maximum absolute atomic E-state index is 5.56. The molecule has 3 rings (SSSR count). The molecule has 1 aliphatic rings. The normalized spacial score (nSPS) is 15.3. The monoisotopic (exact) mass is 384 g/mol. The fraction of sp³-hybridized carbons (Fsp3) is 0.250. The van der Waals surface area contributed by atoms with E-state index in [1.807, 2.05) is 30.3 Å². The third kappa shape index (κ3) is 5.57. The summed E-state index contributed by atoms with van der Waals surface area (Å²) >= 11 is 6.81. The van der Waals surface area contributed by atoms with Crippen molar-refractivity contribution < 1.29 is 0 Å². The van der Waals surface area contributed by atoms with E-state index in [1.165, 1.54) is 17.5 Å². The van der Waals surface area contributed by atoms with Gasteiger partial charge in [-0.2, -0.15) is 0 Å². The molecule has 0 aromatic heterocycles. The first-order valence-electron chi connectivity index (χ1n) is 8.71. The van der Waals surface area contributed by atoms with E-state index < -0.39 is 0 Å². The van der Waals surface area contributed by atoms with Gasteiger partial charge in [-0.05, 0) is 54.0 Å². The molecule has 1 saturated heterocycles. The Morgan fingerprint density at radius 1 is 1.04 bits per heavy atom. The van der Waals surface area contributed by atoms with Crippen molar-refractivity contribution in [3.8, 4) is 0 Å². The van der Waals surface area contributed by atoms with E-state index in [9.17, 15) is 0 Å². The van der Waals surface area contributed by atoms with Gasteiger partial charge in [-0.15, -0.1) is 0 Å². The number of nitrogens with one attached hydrogen (secondary N) is 1. The smallest absolute Gasteiger partial charge is 0.173 e. The molecule has 0 bridgehead atoms. The summed E-state index contributed by atoms with van der Waals surface area (Å²) in [5, 5.41) is 9.66. The number of hydrogen-bond donors (Lipinski definition) is 2. The zero-order chi connectivity index (χ0) is 18.2. The zero-order valence-corrected chi connectivity index (χ0v) is 16.3. The average Bonchev–Trinajstić information content (AvgIpc) is 2.70. The number of rotatable bonds is 5. The van der Waals surface area contributed by atoms with Crippen LogP contribution in [0, 0.1) is 0 Å². The molecule has 1 aliphatic heterocycles. The van der Waals surface area contributed by atoms with Gasteiger partial charge in [0.1, 0.15) is 0 Å². The molecule has 2 aromatic carbocycles. The summed E-state index contributed by atoms with van der Waals surface area (Å²) in [5.41, 5.74) is 2.25. The first kappa shape index (κ1) is 18.9. The Labute approximate surface area is 165 Å². The Bertz CT molecular complexity index is 723. The number of benzene rings is 2. The van der Waals surface area contributed by atoms with Gasteiger partial charge >= 0.3 is 0 Å². The molecule has 2 aromatic rings. The van der Waals surface area contributed by atoms with E-state index >= 15 is 0 Å². The van der Waals surface area contributed by atoms with Crippen LogP contribution in [-0.2, 0) is 0 Å². The molecule has 0 radical (unpaired) electrons. The third-order valence-corrected chi connectivity index (χ3v) is 5.28. The maximum Gasteiger partial charge on any atom is 0.173 e. The summed E-state index contributed by atoms with van der Waals surface area (Å²) < 4.78 is 0. The highest BCUT2D eigenvalue weighted by molar-refractivity contribution is 7.97. The van der Waals surface area contributed by atoms with E-state index in [1.54, 1.807) is 0 Å². The lowest BCUT2D eigenvalue weighted by Gasteiger charge is -2.35. The first-order valence-corrected chi connectivity index (χ1v) is 10.00. The molecular weight excluding hydrogens is 360 g/mol. The quantitative estimate of drug-likeness (QED) is 0.606. The van der Waals surface area contributed by atoms with Crippen molar-refractivity contribution in [2.24, 2.45) is 5.14 Å². The molecule has 3 N–H and O–H groups in total. The minimum Gasteiger partial charge on any atom is -0.346 e. The zero-order valence-electron chi connectivity index (χ0n) is 14.7. The largest absolute Gasteiger partial charge is 0.346 e. The lowest BCUT2D eigenvalue weighted by Crippen LogP contribution is -2.49. The molecule has 136 valence electrons. The summed E-state index contributed by atoms with van der Waals surface area (Å²) in [4.78, 5) is 5.73. The summed E-state index contributed by atoms with van der Waals surface area (Å²) in [6.45, 7) is 4.90. The van der Waals surface area contributed by atoms with Gasteiger partial charge in [0.05, 0.1) is 0 Å². The number of thiocarbonyl (C=S) groups is 1. The van der Waals surface area contributed by atoms with E-state index in [0.29, 0.717) is 0 Å². The van der Waals surface area contributed by atoms with Crippen LogP contribution in [0.25, 0.3) is 6.08 Å². The number of nitrogens with two attached hydrogens (primary N) is 1. The molecule has 0 spiro atoms. The minimum atomic E-state index is 0.789. The van der Waals surface area contributed by atoms with Gasteiger partial charge in [-0.25, -0.2) is 0 Å². The van der Waals surface area contributed by atoms with E-state index in [4.69, 9.17) is 17.4 Å². The van der Waals surface area contributed by atoms with Crippen molar-refractivity contribution in [2.75, 3.05) is 38.0 Å². The number of nitrogens with zero attached hydrogens (tertiary/aromatic N) is 2. The fourth-order valence-electron chi connectivity index (χ4n) is 2.85.